The maximum absolute atomic E-state index is 8.73. The van der Waals surface area contributed by atoms with E-state index in [0.29, 0.717) is 22.0 Å². The zero-order chi connectivity index (χ0) is 13.0. The number of thiophene rings is 1. The number of hydrogen-bond acceptors (Lipinski definition) is 4. The van der Waals surface area contributed by atoms with Gasteiger partial charge in [-0.25, -0.2) is 0 Å². The molecule has 0 unspecified atom stereocenters. The van der Waals surface area contributed by atoms with Crippen molar-refractivity contribution in [2.75, 3.05) is 5.32 Å². The molecule has 0 saturated heterocycles. The summed E-state index contributed by atoms with van der Waals surface area (Å²) in [5.74, 6) is 0. The van der Waals surface area contributed by atoms with Crippen molar-refractivity contribution in [1.82, 2.24) is 0 Å². The molecule has 2 rings (SSSR count). The van der Waals surface area contributed by atoms with Crippen LogP contribution in [0.2, 0.25) is 5.02 Å². The Morgan fingerprint density at radius 3 is 2.61 bits per heavy atom. The largest absolute Gasteiger partial charge is 0.379 e. The first-order chi connectivity index (χ1) is 8.72. The quantitative estimate of drug-likeness (QED) is 0.926. The summed E-state index contributed by atoms with van der Waals surface area (Å²) in [5, 5.41) is 21.2. The van der Waals surface area contributed by atoms with E-state index in [2.05, 4.69) is 11.4 Å². The molecule has 0 atom stereocenters. The maximum Gasteiger partial charge on any atom is 0.110 e. The molecule has 0 saturated carbocycles. The van der Waals surface area contributed by atoms with Gasteiger partial charge in [0.1, 0.15) is 10.9 Å². The van der Waals surface area contributed by atoms with E-state index in [1.165, 1.54) is 11.3 Å². The summed E-state index contributed by atoms with van der Waals surface area (Å²) in [5.41, 5.74) is 1.32. The van der Waals surface area contributed by atoms with Crippen LogP contribution in [0.1, 0.15) is 15.3 Å². The maximum atomic E-state index is 8.73. The van der Waals surface area contributed by atoms with E-state index in [1.54, 1.807) is 24.3 Å². The summed E-state index contributed by atoms with van der Waals surface area (Å²) in [6, 6.07) is 13.0. The lowest BCUT2D eigenvalue weighted by Gasteiger charge is -2.06. The standard InChI is InChI=1S/C13H8ClN3S/c14-12-5-9(6-15)1-4-13(12)17-8-11-3-2-10(7-16)18-11/h1-5,17H,8H2. The smallest absolute Gasteiger partial charge is 0.110 e. The Labute approximate surface area is 114 Å². The summed E-state index contributed by atoms with van der Waals surface area (Å²) in [6.07, 6.45) is 0. The molecule has 1 aromatic heterocycles. The first kappa shape index (κ1) is 12.4. The van der Waals surface area contributed by atoms with Crippen molar-refractivity contribution in [1.29, 1.82) is 10.5 Å². The van der Waals surface area contributed by atoms with Crippen LogP contribution in [0, 0.1) is 22.7 Å². The summed E-state index contributed by atoms with van der Waals surface area (Å²) in [4.78, 5) is 1.75. The Bertz CT molecular complexity index is 649. The number of rotatable bonds is 3. The molecule has 0 aliphatic rings. The number of hydrogen-bond donors (Lipinski definition) is 1. The molecule has 0 bridgehead atoms. The fourth-order valence-corrected chi connectivity index (χ4v) is 2.44. The summed E-state index contributed by atoms with van der Waals surface area (Å²) >= 11 is 7.49. The van der Waals surface area contributed by atoms with Crippen LogP contribution >= 0.6 is 22.9 Å². The lowest BCUT2D eigenvalue weighted by molar-refractivity contribution is 1.19. The van der Waals surface area contributed by atoms with Gasteiger partial charge in [0.25, 0.3) is 0 Å². The topological polar surface area (TPSA) is 59.6 Å². The summed E-state index contributed by atoms with van der Waals surface area (Å²) < 4.78 is 0. The van der Waals surface area contributed by atoms with Crippen LogP contribution in [-0.4, -0.2) is 0 Å². The second-order valence-corrected chi connectivity index (χ2v) is 5.11. The van der Waals surface area contributed by atoms with Gasteiger partial charge in [-0.05, 0) is 30.3 Å². The highest BCUT2D eigenvalue weighted by Crippen LogP contribution is 2.24. The Kier molecular flexibility index (Phi) is 3.84. The van der Waals surface area contributed by atoms with Gasteiger partial charge >= 0.3 is 0 Å². The zero-order valence-electron chi connectivity index (χ0n) is 9.27. The average Bonchev–Trinajstić information content (AvgIpc) is 2.85. The molecule has 1 aromatic carbocycles. The molecule has 0 spiro atoms. The van der Waals surface area contributed by atoms with Crippen LogP contribution in [-0.2, 0) is 6.54 Å². The molecule has 1 N–H and O–H groups in total. The van der Waals surface area contributed by atoms with Crippen LogP contribution < -0.4 is 5.32 Å². The molecule has 3 nitrogen and oxygen atoms in total. The Balaban J connectivity index is 2.07. The van der Waals surface area contributed by atoms with Crippen molar-refractivity contribution in [2.24, 2.45) is 0 Å². The van der Waals surface area contributed by atoms with E-state index in [0.717, 1.165) is 10.6 Å². The van der Waals surface area contributed by atoms with Crippen molar-refractivity contribution >= 4 is 28.6 Å². The molecular weight excluding hydrogens is 266 g/mol. The predicted octanol–water partition coefficient (Wildman–Crippen LogP) is 3.76. The minimum atomic E-state index is 0.520. The van der Waals surface area contributed by atoms with Crippen molar-refractivity contribution in [3.63, 3.8) is 0 Å². The molecule has 1 heterocycles. The van der Waals surface area contributed by atoms with Gasteiger partial charge in [0.15, 0.2) is 0 Å². The third-order valence-electron chi connectivity index (χ3n) is 2.32. The molecule has 2 aromatic rings. The number of halogens is 1. The number of nitrogens with zero attached hydrogens (tertiary/aromatic N) is 2. The highest BCUT2D eigenvalue weighted by atomic mass is 35.5. The first-order valence-electron chi connectivity index (χ1n) is 5.15. The van der Waals surface area contributed by atoms with Crippen molar-refractivity contribution in [2.45, 2.75) is 6.54 Å². The third-order valence-corrected chi connectivity index (χ3v) is 3.63. The summed E-state index contributed by atoms with van der Waals surface area (Å²) in [6.45, 7) is 0.609. The second kappa shape index (κ2) is 5.55. The van der Waals surface area contributed by atoms with Gasteiger partial charge in [0.05, 0.1) is 22.3 Å². The van der Waals surface area contributed by atoms with Gasteiger partial charge < -0.3 is 5.32 Å². The molecule has 5 heteroatoms. The number of anilines is 1. The lowest BCUT2D eigenvalue weighted by atomic mass is 10.2. The monoisotopic (exact) mass is 273 g/mol. The SMILES string of the molecule is N#Cc1ccc(NCc2ccc(C#N)s2)c(Cl)c1. The van der Waals surface area contributed by atoms with E-state index < -0.39 is 0 Å². The minimum Gasteiger partial charge on any atom is -0.379 e. The van der Waals surface area contributed by atoms with Crippen molar-refractivity contribution < 1.29 is 0 Å². The van der Waals surface area contributed by atoms with Gasteiger partial charge in [-0.3, -0.25) is 0 Å². The average molecular weight is 274 g/mol. The molecule has 0 amide bonds. The van der Waals surface area contributed by atoms with Gasteiger partial charge in [-0.1, -0.05) is 11.6 Å². The molecular formula is C13H8ClN3S. The zero-order valence-corrected chi connectivity index (χ0v) is 10.8. The lowest BCUT2D eigenvalue weighted by Crippen LogP contribution is -1.98. The van der Waals surface area contributed by atoms with Gasteiger partial charge in [0.2, 0.25) is 0 Å². The predicted molar refractivity (Wildman–Crippen MR) is 72.5 cm³/mol. The van der Waals surface area contributed by atoms with Crippen molar-refractivity contribution in [3.8, 4) is 12.1 Å². The fraction of sp³-hybridized carbons (Fsp3) is 0.0769. The molecule has 88 valence electrons. The molecule has 18 heavy (non-hydrogen) atoms. The Morgan fingerprint density at radius 2 is 2.00 bits per heavy atom. The minimum absolute atomic E-state index is 0.520. The molecule has 0 radical (unpaired) electrons. The Morgan fingerprint density at radius 1 is 1.17 bits per heavy atom. The normalized spacial score (nSPS) is 9.50. The van der Waals surface area contributed by atoms with Gasteiger partial charge in [0, 0.05) is 11.4 Å². The van der Waals surface area contributed by atoms with E-state index in [-0.39, 0.29) is 0 Å². The number of nitrogens with one attached hydrogen (secondary N) is 1. The highest BCUT2D eigenvalue weighted by Gasteiger charge is 2.03. The molecule has 0 aliphatic carbocycles. The van der Waals surface area contributed by atoms with E-state index in [4.69, 9.17) is 22.1 Å². The van der Waals surface area contributed by atoms with Crippen LogP contribution in [0.5, 0.6) is 0 Å². The van der Waals surface area contributed by atoms with E-state index in [1.807, 2.05) is 12.1 Å². The Hall–Kier alpha value is -2.01. The van der Waals surface area contributed by atoms with Gasteiger partial charge in [-0.2, -0.15) is 10.5 Å². The van der Waals surface area contributed by atoms with E-state index >= 15 is 0 Å². The third kappa shape index (κ3) is 2.81. The molecule has 0 fully saturated rings. The van der Waals surface area contributed by atoms with Gasteiger partial charge in [-0.15, -0.1) is 11.3 Å². The van der Waals surface area contributed by atoms with Crippen LogP contribution in [0.25, 0.3) is 0 Å². The van der Waals surface area contributed by atoms with E-state index in [9.17, 15) is 0 Å². The fourth-order valence-electron chi connectivity index (χ4n) is 1.44. The molecule has 0 aliphatic heterocycles. The second-order valence-electron chi connectivity index (χ2n) is 3.54. The van der Waals surface area contributed by atoms with Crippen LogP contribution in [0.3, 0.4) is 0 Å². The summed E-state index contributed by atoms with van der Waals surface area (Å²) in [7, 11) is 0. The first-order valence-corrected chi connectivity index (χ1v) is 6.34. The number of nitriles is 2. The number of benzene rings is 1. The van der Waals surface area contributed by atoms with Crippen molar-refractivity contribution in [3.05, 3.63) is 50.7 Å². The van der Waals surface area contributed by atoms with Crippen LogP contribution in [0.15, 0.2) is 30.3 Å². The van der Waals surface area contributed by atoms with Crippen LogP contribution in [0.4, 0.5) is 5.69 Å². The highest BCUT2D eigenvalue weighted by molar-refractivity contribution is 7.12.